The maximum Gasteiger partial charge on any atom is 0.163 e. The van der Waals surface area contributed by atoms with E-state index in [1.165, 1.54) is 0 Å². The van der Waals surface area contributed by atoms with Gasteiger partial charge in [0, 0.05) is 23.9 Å². The van der Waals surface area contributed by atoms with Crippen LogP contribution in [0.15, 0.2) is 12.1 Å². The van der Waals surface area contributed by atoms with Gasteiger partial charge in [0.25, 0.3) is 0 Å². The van der Waals surface area contributed by atoms with Gasteiger partial charge in [0.05, 0.1) is 19.3 Å². The fraction of sp³-hybridized carbons (Fsp3) is 0.571. The third-order valence-electron chi connectivity index (χ3n) is 3.39. The maximum absolute atomic E-state index is 5.99. The van der Waals surface area contributed by atoms with E-state index in [1.807, 2.05) is 6.07 Å². The highest BCUT2D eigenvalue weighted by molar-refractivity contribution is 5.58. The van der Waals surface area contributed by atoms with E-state index < -0.39 is 0 Å². The molecule has 1 fully saturated rings. The summed E-state index contributed by atoms with van der Waals surface area (Å²) in [5.74, 6) is 1.46. The summed E-state index contributed by atoms with van der Waals surface area (Å²) in [7, 11) is 0. The van der Waals surface area contributed by atoms with Crippen LogP contribution in [-0.4, -0.2) is 32.5 Å². The van der Waals surface area contributed by atoms with Gasteiger partial charge in [-0.3, -0.25) is 0 Å². The Hall–Kier alpha value is -1.46. The molecule has 1 unspecified atom stereocenters. The predicted molar refractivity (Wildman–Crippen MR) is 70.5 cm³/mol. The maximum atomic E-state index is 5.99. The molecule has 0 aliphatic carbocycles. The first-order valence-electron chi connectivity index (χ1n) is 6.70. The van der Waals surface area contributed by atoms with Crippen LogP contribution in [0.2, 0.25) is 0 Å². The van der Waals surface area contributed by atoms with E-state index in [4.69, 9.17) is 24.7 Å². The number of hydrogen-bond acceptors (Lipinski definition) is 5. The normalized spacial score (nSPS) is 21.6. The lowest BCUT2D eigenvalue weighted by Gasteiger charge is -2.20. The Labute approximate surface area is 112 Å². The van der Waals surface area contributed by atoms with Crippen molar-refractivity contribution in [1.29, 1.82) is 0 Å². The molecule has 1 saturated heterocycles. The van der Waals surface area contributed by atoms with E-state index in [-0.39, 0.29) is 6.10 Å². The minimum Gasteiger partial charge on any atom is -0.486 e. The summed E-state index contributed by atoms with van der Waals surface area (Å²) < 4.78 is 22.2. The van der Waals surface area contributed by atoms with Crippen LogP contribution in [0, 0.1) is 0 Å². The summed E-state index contributed by atoms with van der Waals surface area (Å²) >= 11 is 0. The standard InChI is InChI=1S/C14H19NO4/c15-12-7-14-13(18-4-5-19-14)6-10(12)8-16-9-11-2-1-3-17-11/h6-7,11H,1-5,8-9,15H2. The first kappa shape index (κ1) is 12.6. The predicted octanol–water partition coefficient (Wildman–Crippen LogP) is 1.74. The molecule has 2 heterocycles. The van der Waals surface area contributed by atoms with Gasteiger partial charge in [-0.15, -0.1) is 0 Å². The number of nitrogen functional groups attached to an aromatic ring is 1. The number of ether oxygens (including phenoxy) is 4. The van der Waals surface area contributed by atoms with Gasteiger partial charge in [-0.1, -0.05) is 0 Å². The van der Waals surface area contributed by atoms with Gasteiger partial charge in [0.2, 0.25) is 0 Å². The van der Waals surface area contributed by atoms with Crippen LogP contribution in [0.25, 0.3) is 0 Å². The van der Waals surface area contributed by atoms with E-state index >= 15 is 0 Å². The Balaban J connectivity index is 1.60. The van der Waals surface area contributed by atoms with Crippen molar-refractivity contribution in [2.75, 3.05) is 32.2 Å². The van der Waals surface area contributed by atoms with Crippen molar-refractivity contribution in [3.63, 3.8) is 0 Å². The summed E-state index contributed by atoms with van der Waals surface area (Å²) in [6.45, 7) is 3.09. The average molecular weight is 265 g/mol. The van der Waals surface area contributed by atoms with E-state index in [2.05, 4.69) is 0 Å². The molecule has 3 rings (SSSR count). The molecule has 0 saturated carbocycles. The van der Waals surface area contributed by atoms with Gasteiger partial charge in [0.15, 0.2) is 11.5 Å². The van der Waals surface area contributed by atoms with E-state index in [0.717, 1.165) is 30.8 Å². The Morgan fingerprint density at radius 3 is 2.68 bits per heavy atom. The first-order chi connectivity index (χ1) is 9.33. The van der Waals surface area contributed by atoms with Gasteiger partial charge in [-0.05, 0) is 18.9 Å². The zero-order valence-electron chi connectivity index (χ0n) is 10.9. The number of benzene rings is 1. The number of hydrogen-bond donors (Lipinski definition) is 1. The molecule has 2 aliphatic rings. The van der Waals surface area contributed by atoms with Crippen LogP contribution in [0.4, 0.5) is 5.69 Å². The van der Waals surface area contributed by atoms with Gasteiger partial charge in [0.1, 0.15) is 13.2 Å². The van der Waals surface area contributed by atoms with Crippen LogP contribution >= 0.6 is 0 Å². The van der Waals surface area contributed by atoms with Crippen LogP contribution < -0.4 is 15.2 Å². The summed E-state index contributed by atoms with van der Waals surface area (Å²) in [6.07, 6.45) is 2.44. The molecule has 2 N–H and O–H groups in total. The molecule has 0 bridgehead atoms. The zero-order chi connectivity index (χ0) is 13.1. The molecule has 1 aromatic carbocycles. The molecule has 0 spiro atoms. The van der Waals surface area contributed by atoms with Gasteiger partial charge in [-0.25, -0.2) is 0 Å². The molecule has 0 aromatic heterocycles. The topological polar surface area (TPSA) is 62.9 Å². The molecular weight excluding hydrogens is 246 g/mol. The Kier molecular flexibility index (Phi) is 3.75. The van der Waals surface area contributed by atoms with Crippen molar-refractivity contribution < 1.29 is 18.9 Å². The number of rotatable bonds is 4. The molecule has 2 aliphatic heterocycles. The lowest BCUT2D eigenvalue weighted by molar-refractivity contribution is 0.0106. The van der Waals surface area contributed by atoms with Crippen molar-refractivity contribution in [2.24, 2.45) is 0 Å². The summed E-state index contributed by atoms with van der Waals surface area (Å²) in [5, 5.41) is 0. The number of anilines is 1. The first-order valence-corrected chi connectivity index (χ1v) is 6.70. The van der Waals surface area contributed by atoms with Crippen LogP contribution in [-0.2, 0) is 16.1 Å². The highest BCUT2D eigenvalue weighted by Gasteiger charge is 2.17. The lowest BCUT2D eigenvalue weighted by atomic mass is 10.1. The number of nitrogens with two attached hydrogens (primary N) is 1. The summed E-state index contributed by atoms with van der Waals surface area (Å²) in [6, 6.07) is 3.71. The Bertz CT molecular complexity index is 443. The fourth-order valence-corrected chi connectivity index (χ4v) is 2.35. The van der Waals surface area contributed by atoms with Crippen molar-refractivity contribution in [1.82, 2.24) is 0 Å². The number of fused-ring (bicyclic) bond motifs is 1. The highest BCUT2D eigenvalue weighted by Crippen LogP contribution is 2.34. The molecule has 104 valence electrons. The van der Waals surface area contributed by atoms with Gasteiger partial charge < -0.3 is 24.7 Å². The monoisotopic (exact) mass is 265 g/mol. The summed E-state index contributed by atoms with van der Waals surface area (Å²) in [5.41, 5.74) is 7.60. The molecular formula is C14H19NO4. The molecule has 5 heteroatoms. The average Bonchev–Trinajstić information content (AvgIpc) is 2.92. The van der Waals surface area contributed by atoms with Crippen LogP contribution in [0.3, 0.4) is 0 Å². The SMILES string of the molecule is Nc1cc2c(cc1COCC1CCCO1)OCCO2. The van der Waals surface area contributed by atoms with E-state index in [0.29, 0.717) is 37.9 Å². The minimum absolute atomic E-state index is 0.235. The largest absolute Gasteiger partial charge is 0.486 e. The second-order valence-electron chi connectivity index (χ2n) is 4.84. The van der Waals surface area contributed by atoms with Crippen molar-refractivity contribution in [3.05, 3.63) is 17.7 Å². The van der Waals surface area contributed by atoms with Crippen LogP contribution in [0.5, 0.6) is 11.5 Å². The fourth-order valence-electron chi connectivity index (χ4n) is 2.35. The Morgan fingerprint density at radius 1 is 1.16 bits per heavy atom. The Morgan fingerprint density at radius 2 is 1.95 bits per heavy atom. The van der Waals surface area contributed by atoms with Crippen molar-refractivity contribution in [2.45, 2.75) is 25.6 Å². The molecule has 0 radical (unpaired) electrons. The zero-order valence-corrected chi connectivity index (χ0v) is 10.9. The quantitative estimate of drug-likeness (QED) is 0.840. The molecule has 5 nitrogen and oxygen atoms in total. The van der Waals surface area contributed by atoms with Gasteiger partial charge in [-0.2, -0.15) is 0 Å². The molecule has 0 amide bonds. The molecule has 19 heavy (non-hydrogen) atoms. The molecule has 1 aromatic rings. The van der Waals surface area contributed by atoms with Crippen molar-refractivity contribution in [3.8, 4) is 11.5 Å². The third kappa shape index (κ3) is 2.93. The van der Waals surface area contributed by atoms with E-state index in [1.54, 1.807) is 6.07 Å². The van der Waals surface area contributed by atoms with Gasteiger partial charge >= 0.3 is 0 Å². The summed E-state index contributed by atoms with van der Waals surface area (Å²) in [4.78, 5) is 0. The minimum atomic E-state index is 0.235. The smallest absolute Gasteiger partial charge is 0.163 e. The third-order valence-corrected chi connectivity index (χ3v) is 3.39. The second kappa shape index (κ2) is 5.67. The van der Waals surface area contributed by atoms with Crippen molar-refractivity contribution >= 4 is 5.69 Å². The lowest BCUT2D eigenvalue weighted by Crippen LogP contribution is -2.17. The second-order valence-corrected chi connectivity index (χ2v) is 4.84. The van der Waals surface area contributed by atoms with Crippen LogP contribution in [0.1, 0.15) is 18.4 Å². The highest BCUT2D eigenvalue weighted by atomic mass is 16.6. The molecule has 1 atom stereocenters. The van der Waals surface area contributed by atoms with E-state index in [9.17, 15) is 0 Å².